The van der Waals surface area contributed by atoms with Gasteiger partial charge in [0, 0.05) is 12.1 Å². The average Bonchev–Trinajstić information content (AvgIpc) is 2.39. The first-order valence-corrected chi connectivity index (χ1v) is 6.08. The molecule has 0 spiro atoms. The Morgan fingerprint density at radius 3 is 3.00 bits per heavy atom. The van der Waals surface area contributed by atoms with Gasteiger partial charge in [-0.3, -0.25) is 4.79 Å². The Morgan fingerprint density at radius 1 is 1.44 bits per heavy atom. The summed E-state index contributed by atoms with van der Waals surface area (Å²) in [7, 11) is 0. The van der Waals surface area contributed by atoms with Gasteiger partial charge in [-0.15, -0.1) is 6.58 Å². The average molecular weight is 268 g/mol. The maximum atomic E-state index is 11.9. The highest BCUT2D eigenvalue weighted by Gasteiger charge is 2.18. The zero-order chi connectivity index (χ0) is 13.0. The molecular formula is C13H14ClNO3. The molecule has 1 aliphatic rings. The lowest BCUT2D eigenvalue weighted by atomic mass is 10.1. The predicted molar refractivity (Wildman–Crippen MR) is 69.6 cm³/mol. The topological polar surface area (TPSA) is 47.6 Å². The van der Waals surface area contributed by atoms with E-state index in [0.29, 0.717) is 41.8 Å². The second kappa shape index (κ2) is 5.78. The molecule has 1 aliphatic heterocycles. The van der Waals surface area contributed by atoms with E-state index in [1.54, 1.807) is 18.2 Å². The zero-order valence-corrected chi connectivity index (χ0v) is 10.6. The summed E-state index contributed by atoms with van der Waals surface area (Å²) in [5, 5.41) is 3.16. The van der Waals surface area contributed by atoms with Crippen LogP contribution >= 0.6 is 11.6 Å². The van der Waals surface area contributed by atoms with Crippen LogP contribution in [0, 0.1) is 0 Å². The quantitative estimate of drug-likeness (QED) is 0.673. The molecule has 18 heavy (non-hydrogen) atoms. The fourth-order valence-electron chi connectivity index (χ4n) is 1.63. The number of rotatable bonds is 4. The number of hydrogen-bond donors (Lipinski definition) is 1. The molecule has 0 fully saturated rings. The Hall–Kier alpha value is -1.68. The number of halogens is 1. The number of carbonyl (C=O) groups is 1. The number of ether oxygens (including phenoxy) is 2. The summed E-state index contributed by atoms with van der Waals surface area (Å²) in [5.74, 6) is 0.837. The summed E-state index contributed by atoms with van der Waals surface area (Å²) in [6.45, 7) is 5.08. The van der Waals surface area contributed by atoms with E-state index in [1.807, 2.05) is 0 Å². The minimum Gasteiger partial charge on any atom is -0.486 e. The smallest absolute Gasteiger partial charge is 0.251 e. The van der Waals surface area contributed by atoms with Crippen molar-refractivity contribution in [3.63, 3.8) is 0 Å². The number of amides is 1. The van der Waals surface area contributed by atoms with Gasteiger partial charge in [-0.2, -0.15) is 0 Å². The molecule has 2 rings (SSSR count). The van der Waals surface area contributed by atoms with Gasteiger partial charge in [0.2, 0.25) is 0 Å². The molecule has 0 aromatic heterocycles. The molecule has 4 nitrogen and oxygen atoms in total. The summed E-state index contributed by atoms with van der Waals surface area (Å²) >= 11 is 6.05. The summed E-state index contributed by atoms with van der Waals surface area (Å²) in [5.41, 5.74) is 0.466. The largest absolute Gasteiger partial charge is 0.486 e. The lowest BCUT2D eigenvalue weighted by Gasteiger charge is -2.20. The Kier molecular flexibility index (Phi) is 4.10. The lowest BCUT2D eigenvalue weighted by Crippen LogP contribution is -2.24. The van der Waals surface area contributed by atoms with E-state index < -0.39 is 0 Å². The maximum Gasteiger partial charge on any atom is 0.251 e. The third-order valence-corrected chi connectivity index (χ3v) is 2.77. The molecule has 96 valence electrons. The molecular weight excluding hydrogens is 254 g/mol. The number of hydrogen-bond acceptors (Lipinski definition) is 3. The number of carbonyl (C=O) groups excluding carboxylic acids is 1. The Morgan fingerprint density at radius 2 is 2.22 bits per heavy atom. The van der Waals surface area contributed by atoms with E-state index >= 15 is 0 Å². The summed E-state index contributed by atoms with van der Waals surface area (Å²) in [6.07, 6.45) is 2.47. The van der Waals surface area contributed by atoms with E-state index in [9.17, 15) is 4.79 Å². The minimum absolute atomic E-state index is 0.185. The predicted octanol–water partition coefficient (Wildman–Crippen LogP) is 2.42. The van der Waals surface area contributed by atoms with Crippen LogP contribution in [0.15, 0.2) is 24.8 Å². The van der Waals surface area contributed by atoms with E-state index in [4.69, 9.17) is 21.1 Å². The molecule has 0 unspecified atom stereocenters. The van der Waals surface area contributed by atoms with Crippen LogP contribution in [0.3, 0.4) is 0 Å². The minimum atomic E-state index is -0.185. The molecule has 5 heteroatoms. The van der Waals surface area contributed by atoms with Gasteiger partial charge in [0.1, 0.15) is 13.2 Å². The fourth-order valence-corrected chi connectivity index (χ4v) is 1.90. The summed E-state index contributed by atoms with van der Waals surface area (Å²) in [6, 6.07) is 3.22. The molecule has 0 bridgehead atoms. The molecule has 1 amide bonds. The normalized spacial score (nSPS) is 12.9. The second-order valence-corrected chi connectivity index (χ2v) is 4.22. The maximum absolute atomic E-state index is 11.9. The third kappa shape index (κ3) is 2.76. The van der Waals surface area contributed by atoms with Crippen LogP contribution in [0.25, 0.3) is 0 Å². The Balaban J connectivity index is 2.16. The van der Waals surface area contributed by atoms with Gasteiger partial charge in [0.25, 0.3) is 5.91 Å². The summed E-state index contributed by atoms with van der Waals surface area (Å²) < 4.78 is 10.8. The molecule has 0 saturated heterocycles. The molecule has 1 N–H and O–H groups in total. The van der Waals surface area contributed by atoms with Crippen molar-refractivity contribution in [3.05, 3.63) is 35.4 Å². The van der Waals surface area contributed by atoms with Crippen LogP contribution in [0.1, 0.15) is 16.8 Å². The number of benzene rings is 1. The second-order valence-electron chi connectivity index (χ2n) is 3.82. The highest BCUT2D eigenvalue weighted by atomic mass is 35.5. The molecule has 0 saturated carbocycles. The van der Waals surface area contributed by atoms with Crippen LogP contribution in [0.2, 0.25) is 5.02 Å². The number of nitrogens with one attached hydrogen (secondary N) is 1. The van der Waals surface area contributed by atoms with Gasteiger partial charge >= 0.3 is 0 Å². The molecule has 0 atom stereocenters. The van der Waals surface area contributed by atoms with Crippen molar-refractivity contribution in [1.29, 1.82) is 0 Å². The SMILES string of the molecule is C=CCCNC(=O)c1cc(Cl)c2c(c1)OCCO2. The Labute approximate surface area is 111 Å². The van der Waals surface area contributed by atoms with Gasteiger partial charge < -0.3 is 14.8 Å². The van der Waals surface area contributed by atoms with Crippen molar-refractivity contribution in [2.24, 2.45) is 0 Å². The number of fused-ring (bicyclic) bond motifs is 1. The van der Waals surface area contributed by atoms with Gasteiger partial charge in [0.05, 0.1) is 5.02 Å². The van der Waals surface area contributed by atoms with Crippen molar-refractivity contribution in [3.8, 4) is 11.5 Å². The van der Waals surface area contributed by atoms with E-state index in [-0.39, 0.29) is 5.91 Å². The molecule has 0 aliphatic carbocycles. The first-order chi connectivity index (χ1) is 8.72. The van der Waals surface area contributed by atoms with Crippen LogP contribution in [0.5, 0.6) is 11.5 Å². The molecule has 1 aromatic rings. The van der Waals surface area contributed by atoms with Gasteiger partial charge in [-0.25, -0.2) is 0 Å². The first-order valence-electron chi connectivity index (χ1n) is 5.70. The highest BCUT2D eigenvalue weighted by molar-refractivity contribution is 6.32. The molecule has 1 aromatic carbocycles. The van der Waals surface area contributed by atoms with Crippen LogP contribution in [0.4, 0.5) is 0 Å². The molecule has 1 heterocycles. The van der Waals surface area contributed by atoms with Gasteiger partial charge in [-0.1, -0.05) is 17.7 Å². The van der Waals surface area contributed by atoms with Crippen molar-refractivity contribution in [2.45, 2.75) is 6.42 Å². The fraction of sp³-hybridized carbons (Fsp3) is 0.308. The highest BCUT2D eigenvalue weighted by Crippen LogP contribution is 2.38. The van der Waals surface area contributed by atoms with E-state index in [0.717, 1.165) is 6.42 Å². The Bertz CT molecular complexity index is 474. The van der Waals surface area contributed by atoms with Crippen molar-refractivity contribution in [2.75, 3.05) is 19.8 Å². The lowest BCUT2D eigenvalue weighted by molar-refractivity contribution is 0.0953. The van der Waals surface area contributed by atoms with Gasteiger partial charge in [0.15, 0.2) is 11.5 Å². The van der Waals surface area contributed by atoms with Crippen LogP contribution in [-0.4, -0.2) is 25.7 Å². The van der Waals surface area contributed by atoms with Crippen molar-refractivity contribution >= 4 is 17.5 Å². The van der Waals surface area contributed by atoms with Crippen molar-refractivity contribution in [1.82, 2.24) is 5.32 Å². The van der Waals surface area contributed by atoms with Crippen LogP contribution in [-0.2, 0) is 0 Å². The van der Waals surface area contributed by atoms with Gasteiger partial charge in [-0.05, 0) is 18.6 Å². The van der Waals surface area contributed by atoms with E-state index in [2.05, 4.69) is 11.9 Å². The monoisotopic (exact) mass is 267 g/mol. The van der Waals surface area contributed by atoms with E-state index in [1.165, 1.54) is 0 Å². The zero-order valence-electron chi connectivity index (χ0n) is 9.87. The third-order valence-electron chi connectivity index (χ3n) is 2.49. The standard InChI is InChI=1S/C13H14ClNO3/c1-2-3-4-15-13(16)9-7-10(14)12-11(8-9)17-5-6-18-12/h2,7-8H,1,3-6H2,(H,15,16). The summed E-state index contributed by atoms with van der Waals surface area (Å²) in [4.78, 5) is 11.9. The first kappa shape index (κ1) is 12.8. The van der Waals surface area contributed by atoms with Crippen LogP contribution < -0.4 is 14.8 Å². The molecule has 0 radical (unpaired) electrons. The van der Waals surface area contributed by atoms with Crippen molar-refractivity contribution < 1.29 is 14.3 Å².